The fourth-order valence-corrected chi connectivity index (χ4v) is 4.01. The minimum absolute atomic E-state index is 0.145. The molecule has 3 atom stereocenters. The fourth-order valence-electron chi connectivity index (χ4n) is 4.01. The zero-order chi connectivity index (χ0) is 17.5. The van der Waals surface area contributed by atoms with Crippen LogP contribution in [0.5, 0.6) is 0 Å². The van der Waals surface area contributed by atoms with Crippen molar-refractivity contribution in [2.75, 3.05) is 0 Å². The van der Waals surface area contributed by atoms with E-state index >= 15 is 0 Å². The first-order valence-electron chi connectivity index (χ1n) is 9.04. The molecule has 1 unspecified atom stereocenters. The maximum Gasteiger partial charge on any atom is 0.130 e. The number of nitrogens with zero attached hydrogens (tertiary/aromatic N) is 1. The molecule has 0 radical (unpaired) electrons. The van der Waals surface area contributed by atoms with E-state index in [2.05, 4.69) is 32.4 Å². The van der Waals surface area contributed by atoms with Crippen molar-refractivity contribution < 1.29 is 4.79 Å². The Morgan fingerprint density at radius 3 is 2.77 bits per heavy atom. The summed E-state index contributed by atoms with van der Waals surface area (Å²) in [5.41, 5.74) is 3.87. The van der Waals surface area contributed by atoms with E-state index in [0.717, 1.165) is 52.6 Å². The molecule has 8 bridgehead atoms. The Bertz CT molecular complexity index is 1070. The van der Waals surface area contributed by atoms with Crippen LogP contribution in [0.25, 0.3) is 12.2 Å². The van der Waals surface area contributed by atoms with Gasteiger partial charge in [-0.15, -0.1) is 0 Å². The summed E-state index contributed by atoms with van der Waals surface area (Å²) < 4.78 is 0. The number of aldehydes is 1. The molecule has 1 fully saturated rings. The summed E-state index contributed by atoms with van der Waals surface area (Å²) in [6.45, 7) is 0. The smallest absolute Gasteiger partial charge is 0.130 e. The number of carbonyl (C=O) groups excluding carboxylic acids is 1. The third-order valence-electron chi connectivity index (χ3n) is 5.29. The van der Waals surface area contributed by atoms with Crippen LogP contribution in [0.1, 0.15) is 30.1 Å². The molecule has 0 amide bonds. The standard InChI is InChI=1S/C21H20N4O/c26-12-19-20-7-5-17(24-20)10-15-3-1-13(22-15)9-14-2-4-16(23-14)11-18-6-8-21(19)25-18/h1-5,7,9-12,18-19,21-22,24-25H,6,8H2/t18-,19?,21+/m1/s1. The Balaban J connectivity index is 1.64. The highest BCUT2D eigenvalue weighted by atomic mass is 16.1. The van der Waals surface area contributed by atoms with Gasteiger partial charge in [-0.25, -0.2) is 4.99 Å². The average Bonchev–Trinajstić information content (AvgIpc) is 3.39. The van der Waals surface area contributed by atoms with Crippen LogP contribution in [0.15, 0.2) is 53.2 Å². The second-order valence-electron chi connectivity index (χ2n) is 7.11. The van der Waals surface area contributed by atoms with E-state index in [1.807, 2.05) is 42.5 Å². The van der Waals surface area contributed by atoms with Crippen molar-refractivity contribution in [1.82, 2.24) is 15.3 Å². The van der Waals surface area contributed by atoms with Crippen molar-refractivity contribution in [2.45, 2.75) is 30.8 Å². The first-order chi connectivity index (χ1) is 12.8. The van der Waals surface area contributed by atoms with Gasteiger partial charge in [0.25, 0.3) is 0 Å². The molecule has 3 aliphatic rings. The molecular weight excluding hydrogens is 324 g/mol. The monoisotopic (exact) mass is 344 g/mol. The van der Waals surface area contributed by atoms with Crippen molar-refractivity contribution in [1.29, 1.82) is 0 Å². The average molecular weight is 344 g/mol. The number of nitrogens with one attached hydrogen (secondary N) is 3. The largest absolute Gasteiger partial charge is 0.358 e. The van der Waals surface area contributed by atoms with E-state index in [0.29, 0.717) is 0 Å². The number of rotatable bonds is 1. The van der Waals surface area contributed by atoms with Crippen molar-refractivity contribution in [3.8, 4) is 0 Å². The van der Waals surface area contributed by atoms with Crippen LogP contribution in [0, 0.1) is 0 Å². The molecule has 2 aromatic rings. The highest BCUT2D eigenvalue weighted by Gasteiger charge is 2.31. The molecule has 5 heteroatoms. The Hall–Kier alpha value is -2.92. The highest BCUT2D eigenvalue weighted by molar-refractivity contribution is 6.19. The number of aromatic nitrogens is 2. The van der Waals surface area contributed by atoms with Crippen LogP contribution in [0.3, 0.4) is 0 Å². The minimum atomic E-state index is -0.167. The maximum atomic E-state index is 11.8. The number of H-pyrrole nitrogens is 2. The second-order valence-corrected chi connectivity index (χ2v) is 7.11. The van der Waals surface area contributed by atoms with Crippen LogP contribution in [-0.4, -0.2) is 34.0 Å². The van der Waals surface area contributed by atoms with Gasteiger partial charge in [0.05, 0.1) is 17.3 Å². The van der Waals surface area contributed by atoms with Gasteiger partial charge in [0, 0.05) is 34.2 Å². The highest BCUT2D eigenvalue weighted by Crippen LogP contribution is 2.27. The van der Waals surface area contributed by atoms with Crippen LogP contribution in [-0.2, 0) is 4.79 Å². The Morgan fingerprint density at radius 2 is 1.88 bits per heavy atom. The van der Waals surface area contributed by atoms with Gasteiger partial charge in [0.1, 0.15) is 6.29 Å². The summed E-state index contributed by atoms with van der Waals surface area (Å²) in [4.78, 5) is 23.3. The Kier molecular flexibility index (Phi) is 3.60. The minimum Gasteiger partial charge on any atom is -0.358 e. The number of hydrogen-bond donors (Lipinski definition) is 3. The van der Waals surface area contributed by atoms with Crippen LogP contribution >= 0.6 is 0 Å². The number of allylic oxidation sites excluding steroid dienone is 2. The molecule has 0 spiro atoms. The normalized spacial score (nSPS) is 26.7. The van der Waals surface area contributed by atoms with Gasteiger partial charge in [-0.1, -0.05) is 0 Å². The van der Waals surface area contributed by atoms with Crippen LogP contribution in [0.2, 0.25) is 0 Å². The lowest BCUT2D eigenvalue weighted by Crippen LogP contribution is -2.34. The summed E-state index contributed by atoms with van der Waals surface area (Å²) in [6.07, 6.45) is 13.4. The van der Waals surface area contributed by atoms with E-state index < -0.39 is 0 Å². The first kappa shape index (κ1) is 15.3. The van der Waals surface area contributed by atoms with Gasteiger partial charge in [0.15, 0.2) is 0 Å². The van der Waals surface area contributed by atoms with Crippen molar-refractivity contribution in [2.24, 2.45) is 4.99 Å². The zero-order valence-electron chi connectivity index (χ0n) is 14.3. The Labute approximate surface area is 150 Å². The predicted octanol–water partition coefficient (Wildman–Crippen LogP) is 1.26. The first-order valence-corrected chi connectivity index (χ1v) is 9.04. The topological polar surface area (TPSA) is 73.0 Å². The molecule has 5 rings (SSSR count). The molecule has 26 heavy (non-hydrogen) atoms. The summed E-state index contributed by atoms with van der Waals surface area (Å²) >= 11 is 0. The maximum absolute atomic E-state index is 11.8. The van der Waals surface area contributed by atoms with E-state index in [1.54, 1.807) is 0 Å². The number of fused-ring (bicyclic) bond motifs is 7. The lowest BCUT2D eigenvalue weighted by atomic mass is 9.96. The Morgan fingerprint density at radius 1 is 1.00 bits per heavy atom. The quantitative estimate of drug-likeness (QED) is 0.682. The van der Waals surface area contributed by atoms with Crippen molar-refractivity contribution >= 4 is 24.1 Å². The summed E-state index contributed by atoms with van der Waals surface area (Å²) in [5, 5.41) is 5.63. The fraction of sp³-hybridized carbons (Fsp3) is 0.238. The SMILES string of the molecule is O=CC1c2ccc([nH]2)C=c2ccc([nH]2)=CC2=NC(=C[C@H]3CC[C@@H]1N3)C=C2. The number of aromatic amines is 2. The molecular formula is C21H20N4O. The predicted molar refractivity (Wildman–Crippen MR) is 102 cm³/mol. The van der Waals surface area contributed by atoms with Gasteiger partial charge >= 0.3 is 0 Å². The lowest BCUT2D eigenvalue weighted by Gasteiger charge is -2.18. The van der Waals surface area contributed by atoms with Crippen molar-refractivity contribution in [3.05, 3.63) is 70.3 Å². The molecule has 130 valence electrons. The molecule has 1 saturated heterocycles. The second kappa shape index (κ2) is 6.11. The van der Waals surface area contributed by atoms with Gasteiger partial charge < -0.3 is 20.1 Å². The van der Waals surface area contributed by atoms with Gasteiger partial charge in [-0.05, 0) is 67.5 Å². The third-order valence-corrected chi connectivity index (χ3v) is 5.29. The molecule has 0 aliphatic carbocycles. The molecule has 3 aliphatic heterocycles. The molecule has 5 heterocycles. The molecule has 2 aromatic heterocycles. The van der Waals surface area contributed by atoms with Crippen molar-refractivity contribution in [3.63, 3.8) is 0 Å². The number of aliphatic imine (C=N–C) groups is 1. The van der Waals surface area contributed by atoms with E-state index in [-0.39, 0.29) is 18.0 Å². The molecule has 0 aromatic carbocycles. The van der Waals surface area contributed by atoms with Gasteiger partial charge in [-0.3, -0.25) is 0 Å². The lowest BCUT2D eigenvalue weighted by molar-refractivity contribution is -0.109. The third kappa shape index (κ3) is 2.80. The van der Waals surface area contributed by atoms with Crippen LogP contribution in [0.4, 0.5) is 0 Å². The molecule has 5 nitrogen and oxygen atoms in total. The number of carbonyl (C=O) groups is 1. The van der Waals surface area contributed by atoms with E-state index in [4.69, 9.17) is 0 Å². The number of hydrogen-bond acceptors (Lipinski definition) is 3. The molecule has 3 N–H and O–H groups in total. The van der Waals surface area contributed by atoms with Gasteiger partial charge in [-0.2, -0.15) is 0 Å². The summed E-state index contributed by atoms with van der Waals surface area (Å²) in [7, 11) is 0. The van der Waals surface area contributed by atoms with Crippen LogP contribution < -0.4 is 16.0 Å². The van der Waals surface area contributed by atoms with E-state index in [1.165, 1.54) is 0 Å². The summed E-state index contributed by atoms with van der Waals surface area (Å²) in [6, 6.07) is 8.52. The molecule has 0 saturated carbocycles. The summed E-state index contributed by atoms with van der Waals surface area (Å²) in [5.74, 6) is -0.167. The zero-order valence-corrected chi connectivity index (χ0v) is 14.3. The van der Waals surface area contributed by atoms with Gasteiger partial charge in [0.2, 0.25) is 0 Å². The van der Waals surface area contributed by atoms with E-state index in [9.17, 15) is 4.79 Å².